The molecule has 0 spiro atoms. The lowest BCUT2D eigenvalue weighted by atomic mass is 10.1. The lowest BCUT2D eigenvalue weighted by Gasteiger charge is -2.17. The normalized spacial score (nSPS) is 13.8. The van der Waals surface area contributed by atoms with Gasteiger partial charge in [-0.3, -0.25) is 4.79 Å². The molecule has 1 heterocycles. The molecule has 0 N–H and O–H groups in total. The van der Waals surface area contributed by atoms with Crippen molar-refractivity contribution in [3.05, 3.63) is 18.2 Å². The molecule has 1 rings (SSSR count). The fourth-order valence-corrected chi connectivity index (χ4v) is 1.61. The third kappa shape index (κ3) is 6.39. The zero-order valence-corrected chi connectivity index (χ0v) is 13.6. The topological polar surface area (TPSA) is 82.8 Å². The number of aromatic nitrogens is 2. The number of aliphatic imine (C=N–C) groups is 1. The molecule has 10 heteroatoms. The quantitative estimate of drug-likeness (QED) is 0.616. The van der Waals surface area contributed by atoms with Crippen LogP contribution in [-0.4, -0.2) is 40.5 Å². The molecule has 1 amide bonds. The van der Waals surface area contributed by atoms with Crippen LogP contribution in [-0.2, 0) is 27.0 Å². The molecule has 24 heavy (non-hydrogen) atoms. The van der Waals surface area contributed by atoms with Crippen molar-refractivity contribution >= 4 is 18.3 Å². The molecule has 1 atom stereocenters. The predicted molar refractivity (Wildman–Crippen MR) is 77.5 cm³/mol. The molecule has 0 aliphatic heterocycles. The number of alkyl halides is 3. The lowest BCUT2D eigenvalue weighted by Crippen LogP contribution is -2.25. The average Bonchev–Trinajstić information content (AvgIpc) is 2.89. The van der Waals surface area contributed by atoms with Crippen molar-refractivity contribution < 1.29 is 32.2 Å². The number of imidazole rings is 1. The van der Waals surface area contributed by atoms with E-state index >= 15 is 0 Å². The van der Waals surface area contributed by atoms with Gasteiger partial charge in [-0.05, 0) is 20.8 Å². The maximum atomic E-state index is 12.5. The molecule has 0 aliphatic carbocycles. The Morgan fingerprint density at radius 2 is 2.00 bits per heavy atom. The standard InChI is InChI=1S/C14H18F3N3O4/c1-13(2,3)24-12(22)18-5-9(11(21)23-4)6-20-7-10(19-8-20)14(15,16)17/h5,7-9H,6H2,1-4H3. The van der Waals surface area contributed by atoms with Gasteiger partial charge < -0.3 is 14.0 Å². The third-order valence-corrected chi connectivity index (χ3v) is 2.59. The minimum Gasteiger partial charge on any atom is -0.468 e. The van der Waals surface area contributed by atoms with Gasteiger partial charge in [-0.25, -0.2) is 9.78 Å². The molecule has 1 aromatic heterocycles. The molecular weight excluding hydrogens is 331 g/mol. The first-order valence-electron chi connectivity index (χ1n) is 6.86. The van der Waals surface area contributed by atoms with Crippen LogP contribution >= 0.6 is 0 Å². The second kappa shape index (κ2) is 7.45. The number of amides is 1. The predicted octanol–water partition coefficient (Wildman–Crippen LogP) is 2.70. The average molecular weight is 349 g/mol. The highest BCUT2D eigenvalue weighted by Gasteiger charge is 2.33. The minimum atomic E-state index is -4.59. The molecule has 0 aromatic carbocycles. The van der Waals surface area contributed by atoms with Crippen molar-refractivity contribution in [3.63, 3.8) is 0 Å². The zero-order valence-electron chi connectivity index (χ0n) is 13.6. The van der Waals surface area contributed by atoms with Crippen LogP contribution in [0.5, 0.6) is 0 Å². The molecule has 1 unspecified atom stereocenters. The number of carbonyl (C=O) groups is 2. The highest BCUT2D eigenvalue weighted by atomic mass is 19.4. The van der Waals surface area contributed by atoms with E-state index in [2.05, 4.69) is 14.7 Å². The van der Waals surface area contributed by atoms with Crippen molar-refractivity contribution in [3.8, 4) is 0 Å². The molecule has 7 nitrogen and oxygen atoms in total. The van der Waals surface area contributed by atoms with Gasteiger partial charge in [0.15, 0.2) is 5.69 Å². The van der Waals surface area contributed by atoms with Gasteiger partial charge in [-0.1, -0.05) is 0 Å². The summed E-state index contributed by atoms with van der Waals surface area (Å²) < 4.78 is 48.1. The summed E-state index contributed by atoms with van der Waals surface area (Å²) in [6.45, 7) is 4.70. The Kier molecular flexibility index (Phi) is 6.10. The Balaban J connectivity index is 2.85. The number of hydrogen-bond acceptors (Lipinski definition) is 5. The highest BCUT2D eigenvalue weighted by molar-refractivity contribution is 5.93. The molecular formula is C14H18F3N3O4. The first kappa shape index (κ1) is 19.7. The first-order chi connectivity index (χ1) is 10.9. The molecule has 0 radical (unpaired) electrons. The summed E-state index contributed by atoms with van der Waals surface area (Å²) >= 11 is 0. The van der Waals surface area contributed by atoms with Crippen molar-refractivity contribution in [2.24, 2.45) is 10.9 Å². The van der Waals surface area contributed by atoms with Crippen LogP contribution in [0.2, 0.25) is 0 Å². The fraction of sp³-hybridized carbons (Fsp3) is 0.571. The SMILES string of the molecule is COC(=O)C(C=NC(=O)OC(C)(C)C)Cn1cnc(C(F)(F)F)c1. The first-order valence-corrected chi connectivity index (χ1v) is 6.86. The Hall–Kier alpha value is -2.39. The third-order valence-electron chi connectivity index (χ3n) is 2.59. The number of carbonyl (C=O) groups excluding carboxylic acids is 2. The molecule has 0 aliphatic rings. The summed E-state index contributed by atoms with van der Waals surface area (Å²) in [5.41, 5.74) is -1.85. The Labute approximate surface area is 136 Å². The van der Waals surface area contributed by atoms with Gasteiger partial charge in [0.05, 0.1) is 13.4 Å². The van der Waals surface area contributed by atoms with Gasteiger partial charge in [0.1, 0.15) is 11.5 Å². The maximum Gasteiger partial charge on any atom is 0.434 e. The number of nitrogens with zero attached hydrogens (tertiary/aromatic N) is 3. The van der Waals surface area contributed by atoms with Gasteiger partial charge in [-0.2, -0.15) is 18.2 Å². The van der Waals surface area contributed by atoms with E-state index in [4.69, 9.17) is 4.74 Å². The summed E-state index contributed by atoms with van der Waals surface area (Å²) in [6, 6.07) is 0. The minimum absolute atomic E-state index is 0.220. The van der Waals surface area contributed by atoms with Crippen LogP contribution in [0, 0.1) is 5.92 Å². The Morgan fingerprint density at radius 1 is 1.38 bits per heavy atom. The Bertz CT molecular complexity index is 618. The van der Waals surface area contributed by atoms with Gasteiger partial charge >= 0.3 is 18.2 Å². The van der Waals surface area contributed by atoms with E-state index in [0.717, 1.165) is 30.4 Å². The van der Waals surface area contributed by atoms with Crippen molar-refractivity contribution in [2.45, 2.75) is 39.1 Å². The summed E-state index contributed by atoms with van der Waals surface area (Å²) in [7, 11) is 1.12. The molecule has 0 bridgehead atoms. The van der Waals surface area contributed by atoms with Crippen molar-refractivity contribution in [1.29, 1.82) is 0 Å². The number of ether oxygens (including phenoxy) is 2. The van der Waals surface area contributed by atoms with E-state index in [9.17, 15) is 22.8 Å². The number of hydrogen-bond donors (Lipinski definition) is 0. The van der Waals surface area contributed by atoms with Crippen LogP contribution < -0.4 is 0 Å². The monoisotopic (exact) mass is 349 g/mol. The smallest absolute Gasteiger partial charge is 0.434 e. The number of esters is 1. The highest BCUT2D eigenvalue weighted by Crippen LogP contribution is 2.27. The largest absolute Gasteiger partial charge is 0.468 e. The van der Waals surface area contributed by atoms with E-state index in [-0.39, 0.29) is 6.54 Å². The number of halogens is 3. The van der Waals surface area contributed by atoms with Crippen molar-refractivity contribution in [2.75, 3.05) is 7.11 Å². The van der Waals surface area contributed by atoms with Crippen LogP contribution in [0.4, 0.5) is 18.0 Å². The fourth-order valence-electron chi connectivity index (χ4n) is 1.61. The van der Waals surface area contributed by atoms with Gasteiger partial charge in [0.25, 0.3) is 0 Å². The number of rotatable bonds is 4. The van der Waals surface area contributed by atoms with E-state index in [1.165, 1.54) is 0 Å². The van der Waals surface area contributed by atoms with Crippen LogP contribution in [0.15, 0.2) is 17.5 Å². The molecule has 1 aromatic rings. The van der Waals surface area contributed by atoms with E-state index in [1.54, 1.807) is 20.8 Å². The van der Waals surface area contributed by atoms with Crippen LogP contribution in [0.25, 0.3) is 0 Å². The Morgan fingerprint density at radius 3 is 2.46 bits per heavy atom. The van der Waals surface area contributed by atoms with Gasteiger partial charge in [0, 0.05) is 19.0 Å². The summed E-state index contributed by atoms with van der Waals surface area (Å²) in [4.78, 5) is 29.9. The zero-order chi connectivity index (χ0) is 18.5. The maximum absolute atomic E-state index is 12.5. The molecule has 0 saturated carbocycles. The summed E-state index contributed by atoms with van der Waals surface area (Å²) in [5, 5.41) is 0. The summed E-state index contributed by atoms with van der Waals surface area (Å²) in [6.07, 6.45) is -2.85. The second-order valence-corrected chi connectivity index (χ2v) is 5.84. The van der Waals surface area contributed by atoms with Gasteiger partial charge in [0.2, 0.25) is 0 Å². The lowest BCUT2D eigenvalue weighted by molar-refractivity contribution is -0.143. The number of methoxy groups -OCH3 is 1. The molecule has 134 valence electrons. The van der Waals surface area contributed by atoms with E-state index in [0.29, 0.717) is 0 Å². The summed E-state index contributed by atoms with van der Waals surface area (Å²) in [5.74, 6) is -1.83. The van der Waals surface area contributed by atoms with Crippen molar-refractivity contribution in [1.82, 2.24) is 9.55 Å². The van der Waals surface area contributed by atoms with Gasteiger partial charge in [-0.15, -0.1) is 0 Å². The van der Waals surface area contributed by atoms with E-state index < -0.39 is 35.5 Å². The molecule has 0 fully saturated rings. The van der Waals surface area contributed by atoms with Crippen LogP contribution in [0.1, 0.15) is 26.5 Å². The second-order valence-electron chi connectivity index (χ2n) is 5.84. The van der Waals surface area contributed by atoms with Crippen LogP contribution in [0.3, 0.4) is 0 Å². The molecule has 0 saturated heterocycles. The van der Waals surface area contributed by atoms with E-state index in [1.807, 2.05) is 0 Å².